The number of carbonyl (C=O) groups is 1. The van der Waals surface area contributed by atoms with Crippen molar-refractivity contribution in [1.82, 2.24) is 14.8 Å². The molecule has 5 nitrogen and oxygen atoms in total. The van der Waals surface area contributed by atoms with E-state index in [0.717, 1.165) is 6.42 Å². The molecular weight excluding hydrogens is 307 g/mol. The minimum atomic E-state index is -0.398. The molecule has 0 aliphatic carbocycles. The maximum absolute atomic E-state index is 13.5. The number of nitrogens with one attached hydrogen (secondary N) is 1. The van der Waals surface area contributed by atoms with E-state index in [0.29, 0.717) is 17.9 Å². The van der Waals surface area contributed by atoms with E-state index >= 15 is 0 Å². The average molecular weight is 324 g/mol. The standard InChI is InChI=1S/C18H17FN4O/c1-13-2-3-15(12-16(13)19)18(24)21-17-7-11-23(22-17)10-6-14-4-8-20-9-5-14/h2-5,7-9,11-12H,6,10H2,1H3,(H,21,22,24). The van der Waals surface area contributed by atoms with Gasteiger partial charge in [0.05, 0.1) is 0 Å². The van der Waals surface area contributed by atoms with Crippen LogP contribution in [0.1, 0.15) is 21.5 Å². The van der Waals surface area contributed by atoms with Crippen LogP contribution in [0.5, 0.6) is 0 Å². The molecule has 0 fully saturated rings. The van der Waals surface area contributed by atoms with Gasteiger partial charge >= 0.3 is 0 Å². The molecule has 1 N–H and O–H groups in total. The third-order valence-electron chi connectivity index (χ3n) is 3.70. The summed E-state index contributed by atoms with van der Waals surface area (Å²) < 4.78 is 15.3. The number of halogens is 1. The maximum atomic E-state index is 13.5. The van der Waals surface area contributed by atoms with Crippen LogP contribution in [0.15, 0.2) is 55.0 Å². The van der Waals surface area contributed by atoms with Crippen molar-refractivity contribution in [3.8, 4) is 0 Å². The Labute approximate surface area is 139 Å². The lowest BCUT2D eigenvalue weighted by molar-refractivity contribution is 0.102. The Bertz CT molecular complexity index is 845. The SMILES string of the molecule is Cc1ccc(C(=O)Nc2ccn(CCc3ccncc3)n2)cc1F. The van der Waals surface area contributed by atoms with Gasteiger partial charge in [0, 0.05) is 36.8 Å². The first-order chi connectivity index (χ1) is 11.6. The van der Waals surface area contributed by atoms with Crippen molar-refractivity contribution in [2.45, 2.75) is 19.9 Å². The minimum Gasteiger partial charge on any atom is -0.305 e. The number of pyridine rings is 1. The molecule has 0 unspecified atom stereocenters. The first kappa shape index (κ1) is 15.9. The molecule has 0 spiro atoms. The van der Waals surface area contributed by atoms with Crippen molar-refractivity contribution in [2.75, 3.05) is 5.32 Å². The fourth-order valence-corrected chi connectivity index (χ4v) is 2.27. The van der Waals surface area contributed by atoms with Gasteiger partial charge in [-0.1, -0.05) is 6.07 Å². The van der Waals surface area contributed by atoms with Gasteiger partial charge in [-0.15, -0.1) is 0 Å². The third kappa shape index (κ3) is 3.84. The highest BCUT2D eigenvalue weighted by Gasteiger charge is 2.10. The lowest BCUT2D eigenvalue weighted by atomic mass is 10.1. The van der Waals surface area contributed by atoms with Gasteiger partial charge in [-0.2, -0.15) is 5.10 Å². The van der Waals surface area contributed by atoms with E-state index in [2.05, 4.69) is 15.4 Å². The molecule has 3 rings (SSSR count). The number of aromatic nitrogens is 3. The van der Waals surface area contributed by atoms with E-state index in [1.165, 1.54) is 11.6 Å². The Morgan fingerprint density at radius 2 is 2.00 bits per heavy atom. The first-order valence-corrected chi connectivity index (χ1v) is 7.62. The topological polar surface area (TPSA) is 59.8 Å². The van der Waals surface area contributed by atoms with Crippen LogP contribution in [0.4, 0.5) is 10.2 Å². The number of anilines is 1. The Hall–Kier alpha value is -3.02. The molecular formula is C18H17FN4O. The molecule has 0 saturated carbocycles. The largest absolute Gasteiger partial charge is 0.305 e. The Morgan fingerprint density at radius 3 is 2.75 bits per heavy atom. The van der Waals surface area contributed by atoms with Crippen molar-refractivity contribution < 1.29 is 9.18 Å². The van der Waals surface area contributed by atoms with Crippen molar-refractivity contribution in [3.63, 3.8) is 0 Å². The van der Waals surface area contributed by atoms with E-state index < -0.39 is 5.82 Å². The normalized spacial score (nSPS) is 10.6. The van der Waals surface area contributed by atoms with Crippen LogP contribution >= 0.6 is 0 Å². The van der Waals surface area contributed by atoms with Gasteiger partial charge < -0.3 is 5.32 Å². The molecule has 0 atom stereocenters. The molecule has 0 aliphatic heterocycles. The van der Waals surface area contributed by atoms with Crippen LogP contribution < -0.4 is 5.32 Å². The van der Waals surface area contributed by atoms with Gasteiger partial charge in [-0.25, -0.2) is 4.39 Å². The second kappa shape index (κ2) is 7.04. The summed E-state index contributed by atoms with van der Waals surface area (Å²) >= 11 is 0. The van der Waals surface area contributed by atoms with E-state index in [-0.39, 0.29) is 11.5 Å². The van der Waals surface area contributed by atoms with Crippen LogP contribution in [0.3, 0.4) is 0 Å². The smallest absolute Gasteiger partial charge is 0.256 e. The van der Waals surface area contributed by atoms with Gasteiger partial charge in [0.25, 0.3) is 5.91 Å². The monoisotopic (exact) mass is 324 g/mol. The number of nitrogens with zero attached hydrogens (tertiary/aromatic N) is 3. The molecule has 0 radical (unpaired) electrons. The molecule has 6 heteroatoms. The minimum absolute atomic E-state index is 0.268. The zero-order valence-electron chi connectivity index (χ0n) is 13.2. The molecule has 0 saturated heterocycles. The van der Waals surface area contributed by atoms with Crippen LogP contribution in [0.2, 0.25) is 0 Å². The molecule has 2 aromatic heterocycles. The number of carbonyl (C=O) groups excluding carboxylic acids is 1. The van der Waals surface area contributed by atoms with Gasteiger partial charge in [0.2, 0.25) is 0 Å². The molecule has 3 aromatic rings. The van der Waals surface area contributed by atoms with Gasteiger partial charge in [-0.05, 0) is 48.7 Å². The van der Waals surface area contributed by atoms with Crippen molar-refractivity contribution in [3.05, 3.63) is 77.5 Å². The van der Waals surface area contributed by atoms with Crippen LogP contribution in [-0.4, -0.2) is 20.7 Å². The second-order valence-electron chi connectivity index (χ2n) is 5.49. The van der Waals surface area contributed by atoms with Crippen molar-refractivity contribution >= 4 is 11.7 Å². The summed E-state index contributed by atoms with van der Waals surface area (Å²) in [4.78, 5) is 16.1. The Balaban J connectivity index is 1.61. The molecule has 0 aliphatic rings. The average Bonchev–Trinajstić information content (AvgIpc) is 3.04. The second-order valence-corrected chi connectivity index (χ2v) is 5.49. The van der Waals surface area contributed by atoms with Crippen LogP contribution in [0.25, 0.3) is 0 Å². The summed E-state index contributed by atoms with van der Waals surface area (Å²) in [5, 5.41) is 6.98. The van der Waals surface area contributed by atoms with E-state index in [9.17, 15) is 9.18 Å². The number of hydrogen-bond donors (Lipinski definition) is 1. The summed E-state index contributed by atoms with van der Waals surface area (Å²) in [6.07, 6.45) is 6.13. The summed E-state index contributed by atoms with van der Waals surface area (Å²) in [6, 6.07) is 10.0. The van der Waals surface area contributed by atoms with Crippen molar-refractivity contribution in [1.29, 1.82) is 0 Å². The Kier molecular flexibility index (Phi) is 4.65. The molecule has 1 amide bonds. The molecule has 2 heterocycles. The van der Waals surface area contributed by atoms with Crippen LogP contribution in [0, 0.1) is 12.7 Å². The Morgan fingerprint density at radius 1 is 1.21 bits per heavy atom. The quantitative estimate of drug-likeness (QED) is 0.784. The highest BCUT2D eigenvalue weighted by atomic mass is 19.1. The summed E-state index contributed by atoms with van der Waals surface area (Å²) in [7, 11) is 0. The van der Waals surface area contributed by atoms with Gasteiger partial charge in [0.15, 0.2) is 5.82 Å². The fourth-order valence-electron chi connectivity index (χ4n) is 2.27. The number of amides is 1. The van der Waals surface area contributed by atoms with E-state index in [1.807, 2.05) is 12.1 Å². The molecule has 1 aromatic carbocycles. The summed E-state index contributed by atoms with van der Waals surface area (Å²) in [5.74, 6) is -0.338. The van der Waals surface area contributed by atoms with Crippen LogP contribution in [-0.2, 0) is 13.0 Å². The number of rotatable bonds is 5. The van der Waals surface area contributed by atoms with Gasteiger partial charge in [0.1, 0.15) is 5.82 Å². The predicted octanol–water partition coefficient (Wildman–Crippen LogP) is 3.22. The zero-order chi connectivity index (χ0) is 16.9. The lowest BCUT2D eigenvalue weighted by Crippen LogP contribution is -2.13. The highest BCUT2D eigenvalue weighted by Crippen LogP contribution is 2.12. The summed E-state index contributed by atoms with van der Waals surface area (Å²) in [5.41, 5.74) is 1.94. The highest BCUT2D eigenvalue weighted by molar-refractivity contribution is 6.03. The number of benzene rings is 1. The molecule has 24 heavy (non-hydrogen) atoms. The number of aryl methyl sites for hydroxylation is 3. The summed E-state index contributed by atoms with van der Waals surface area (Å²) in [6.45, 7) is 2.35. The third-order valence-corrected chi connectivity index (χ3v) is 3.70. The predicted molar refractivity (Wildman–Crippen MR) is 89.3 cm³/mol. The van der Waals surface area contributed by atoms with E-state index in [1.54, 1.807) is 48.4 Å². The lowest BCUT2D eigenvalue weighted by Gasteiger charge is -2.04. The number of hydrogen-bond acceptors (Lipinski definition) is 3. The van der Waals surface area contributed by atoms with Crippen molar-refractivity contribution in [2.24, 2.45) is 0 Å². The first-order valence-electron chi connectivity index (χ1n) is 7.62. The zero-order valence-corrected chi connectivity index (χ0v) is 13.2. The van der Waals surface area contributed by atoms with E-state index in [4.69, 9.17) is 0 Å². The fraction of sp³-hybridized carbons (Fsp3) is 0.167. The van der Waals surface area contributed by atoms with Gasteiger partial charge in [-0.3, -0.25) is 14.5 Å². The maximum Gasteiger partial charge on any atom is 0.256 e. The molecule has 0 bridgehead atoms. The molecule has 122 valence electrons.